The Hall–Kier alpha value is -3.79. The van der Waals surface area contributed by atoms with Gasteiger partial charge in [-0.25, -0.2) is 0 Å². The third-order valence-electron chi connectivity index (χ3n) is 5.65. The van der Waals surface area contributed by atoms with Gasteiger partial charge in [-0.15, -0.1) is 0 Å². The Labute approximate surface area is 184 Å². The lowest BCUT2D eigenvalue weighted by Crippen LogP contribution is -2.35. The fourth-order valence-corrected chi connectivity index (χ4v) is 3.61. The van der Waals surface area contributed by atoms with E-state index < -0.39 is 0 Å². The highest BCUT2D eigenvalue weighted by Gasteiger charge is 2.11. The minimum absolute atomic E-state index is 1.14. The molecule has 0 aliphatic heterocycles. The number of hydrogen-bond donors (Lipinski definition) is 0. The summed E-state index contributed by atoms with van der Waals surface area (Å²) in [5.41, 5.74) is 6.97. The lowest BCUT2D eigenvalue weighted by atomic mass is 10.1. The van der Waals surface area contributed by atoms with Crippen LogP contribution in [0.2, 0.25) is 0 Å². The van der Waals surface area contributed by atoms with Crippen LogP contribution in [0.15, 0.2) is 67.1 Å². The van der Waals surface area contributed by atoms with Crippen LogP contribution in [-0.4, -0.2) is 13.7 Å². The summed E-state index contributed by atoms with van der Waals surface area (Å²) in [4.78, 5) is 0. The third-order valence-corrected chi connectivity index (χ3v) is 5.65. The molecule has 4 aromatic heterocycles. The van der Waals surface area contributed by atoms with E-state index in [2.05, 4.69) is 150 Å². The Bertz CT molecular complexity index is 1200. The minimum Gasteiger partial charge on any atom is -0.351 e. The number of nitrogens with zero attached hydrogens (tertiary/aromatic N) is 4. The van der Waals surface area contributed by atoms with Crippen molar-refractivity contribution in [3.63, 3.8) is 0 Å². The van der Waals surface area contributed by atoms with E-state index in [0.717, 1.165) is 17.0 Å². The predicted molar refractivity (Wildman–Crippen MR) is 131 cm³/mol. The van der Waals surface area contributed by atoms with Gasteiger partial charge in [-0.1, -0.05) is 6.08 Å². The topological polar surface area (TPSA) is 18.7 Å². The lowest BCUT2D eigenvalue weighted by Gasteiger charge is -2.04. The van der Waals surface area contributed by atoms with Crippen LogP contribution in [0, 0.1) is 0 Å². The molecule has 0 spiro atoms. The van der Waals surface area contributed by atoms with Gasteiger partial charge in [0.2, 0.25) is 11.4 Å². The Balaban J connectivity index is 1.73. The van der Waals surface area contributed by atoms with Crippen molar-refractivity contribution < 1.29 is 4.57 Å². The van der Waals surface area contributed by atoms with Gasteiger partial charge in [-0.2, -0.15) is 4.57 Å². The van der Waals surface area contributed by atoms with Crippen LogP contribution in [-0.2, 0) is 28.2 Å². The van der Waals surface area contributed by atoms with E-state index in [0.29, 0.717) is 0 Å². The lowest BCUT2D eigenvalue weighted by molar-refractivity contribution is -0.675. The van der Waals surface area contributed by atoms with Crippen LogP contribution < -0.4 is 4.57 Å². The minimum atomic E-state index is 1.14. The Morgan fingerprint density at radius 1 is 0.581 bits per heavy atom. The summed E-state index contributed by atoms with van der Waals surface area (Å²) >= 11 is 0. The summed E-state index contributed by atoms with van der Waals surface area (Å²) in [6, 6.07) is 17.0. The van der Waals surface area contributed by atoms with Crippen LogP contribution in [0.25, 0.3) is 36.5 Å². The van der Waals surface area contributed by atoms with Crippen LogP contribution in [0.4, 0.5) is 0 Å². The van der Waals surface area contributed by atoms with Crippen molar-refractivity contribution in [2.75, 3.05) is 0 Å². The zero-order valence-electron chi connectivity index (χ0n) is 18.6. The van der Waals surface area contributed by atoms with E-state index >= 15 is 0 Å². The largest absolute Gasteiger partial charge is 0.351 e. The second kappa shape index (κ2) is 8.92. The van der Waals surface area contributed by atoms with Crippen molar-refractivity contribution >= 4 is 36.5 Å². The highest BCUT2D eigenvalue weighted by atomic mass is 14.9. The molecular weight excluding hydrogens is 380 g/mol. The molecule has 0 bridgehead atoms. The van der Waals surface area contributed by atoms with Gasteiger partial charge in [0.05, 0.1) is 0 Å². The number of rotatable bonds is 6. The van der Waals surface area contributed by atoms with E-state index in [4.69, 9.17) is 0 Å². The molecule has 156 valence electrons. The van der Waals surface area contributed by atoms with Gasteiger partial charge in [-0.05, 0) is 60.2 Å². The van der Waals surface area contributed by atoms with Gasteiger partial charge in [-0.3, -0.25) is 0 Å². The molecule has 0 fully saturated rings. The number of aryl methyl sites for hydroxylation is 3. The molecule has 4 aromatic rings. The molecule has 0 saturated carbocycles. The molecule has 0 saturated heterocycles. The first-order valence-corrected chi connectivity index (χ1v) is 10.4. The molecule has 0 amide bonds. The smallest absolute Gasteiger partial charge is 0.206 e. The Kier molecular flexibility index (Phi) is 5.89. The molecule has 4 heterocycles. The first kappa shape index (κ1) is 20.5. The standard InChI is InChI=1S/C27H29N4/c1-28-17-5-8-23(28)12-11-22-20-26(15-13-24-9-6-18-29(24)2)31(4)27(21-22)16-14-25-10-7-19-30(25)3/h5-21H,1-4H3/q+1. The number of pyridine rings is 1. The molecule has 0 aromatic carbocycles. The van der Waals surface area contributed by atoms with Crippen molar-refractivity contribution in [2.24, 2.45) is 28.2 Å². The van der Waals surface area contributed by atoms with Crippen molar-refractivity contribution in [2.45, 2.75) is 0 Å². The molecular formula is C27H29N4+. The summed E-state index contributed by atoms with van der Waals surface area (Å²) in [6.07, 6.45) is 19.2. The quantitative estimate of drug-likeness (QED) is 0.398. The second-order valence-electron chi connectivity index (χ2n) is 7.83. The fraction of sp³-hybridized carbons (Fsp3) is 0.148. The normalized spacial score (nSPS) is 12.1. The number of aromatic nitrogens is 4. The summed E-state index contributed by atoms with van der Waals surface area (Å²) in [5.74, 6) is 0. The molecule has 4 nitrogen and oxygen atoms in total. The molecule has 0 aliphatic carbocycles. The highest BCUT2D eigenvalue weighted by molar-refractivity contribution is 5.73. The van der Waals surface area contributed by atoms with Gasteiger partial charge in [0.15, 0.2) is 0 Å². The third kappa shape index (κ3) is 4.69. The van der Waals surface area contributed by atoms with Crippen molar-refractivity contribution in [1.29, 1.82) is 0 Å². The summed E-state index contributed by atoms with van der Waals surface area (Å²) in [5, 5.41) is 0. The molecule has 0 radical (unpaired) electrons. The molecule has 0 N–H and O–H groups in total. The zero-order valence-corrected chi connectivity index (χ0v) is 18.6. The van der Waals surface area contributed by atoms with E-state index in [1.807, 2.05) is 0 Å². The predicted octanol–water partition coefficient (Wildman–Crippen LogP) is 5.04. The SMILES string of the molecule is Cn1cccc1C=Cc1cc(C=Cc2cccn2C)[n+](C)c(C=Cc2cccn2C)c1. The monoisotopic (exact) mass is 409 g/mol. The van der Waals surface area contributed by atoms with Crippen LogP contribution in [0.5, 0.6) is 0 Å². The van der Waals surface area contributed by atoms with Crippen molar-refractivity contribution in [1.82, 2.24) is 13.7 Å². The van der Waals surface area contributed by atoms with E-state index in [1.165, 1.54) is 17.1 Å². The van der Waals surface area contributed by atoms with Crippen LogP contribution >= 0.6 is 0 Å². The van der Waals surface area contributed by atoms with Crippen LogP contribution in [0.3, 0.4) is 0 Å². The first-order valence-electron chi connectivity index (χ1n) is 10.4. The second-order valence-corrected chi connectivity index (χ2v) is 7.83. The van der Waals surface area contributed by atoms with Crippen molar-refractivity contribution in [3.05, 3.63) is 101 Å². The summed E-state index contributed by atoms with van der Waals surface area (Å²) in [6.45, 7) is 0. The molecule has 4 rings (SSSR count). The molecule has 0 atom stereocenters. The van der Waals surface area contributed by atoms with E-state index in [9.17, 15) is 0 Å². The maximum atomic E-state index is 2.22. The average Bonchev–Trinajstić information content (AvgIpc) is 3.47. The molecule has 4 heteroatoms. The highest BCUT2D eigenvalue weighted by Crippen LogP contribution is 2.15. The van der Waals surface area contributed by atoms with E-state index in [-0.39, 0.29) is 0 Å². The molecule has 31 heavy (non-hydrogen) atoms. The Morgan fingerprint density at radius 3 is 1.32 bits per heavy atom. The van der Waals surface area contributed by atoms with Gasteiger partial charge < -0.3 is 13.7 Å². The van der Waals surface area contributed by atoms with Gasteiger partial charge in [0, 0.05) is 81.1 Å². The van der Waals surface area contributed by atoms with Gasteiger partial charge in [0.25, 0.3) is 0 Å². The van der Waals surface area contributed by atoms with Gasteiger partial charge in [0.1, 0.15) is 7.05 Å². The first-order chi connectivity index (χ1) is 15.0. The Morgan fingerprint density at radius 2 is 0.968 bits per heavy atom. The summed E-state index contributed by atoms with van der Waals surface area (Å²) < 4.78 is 8.57. The van der Waals surface area contributed by atoms with Crippen molar-refractivity contribution in [3.8, 4) is 0 Å². The van der Waals surface area contributed by atoms with Crippen LogP contribution in [0.1, 0.15) is 34.0 Å². The molecule has 0 aliphatic rings. The molecule has 0 unspecified atom stereocenters. The average molecular weight is 410 g/mol. The maximum absolute atomic E-state index is 2.22. The number of hydrogen-bond acceptors (Lipinski definition) is 0. The van der Waals surface area contributed by atoms with Gasteiger partial charge >= 0.3 is 0 Å². The maximum Gasteiger partial charge on any atom is 0.206 e. The fourth-order valence-electron chi connectivity index (χ4n) is 3.61. The zero-order chi connectivity index (χ0) is 21.8. The van der Waals surface area contributed by atoms with E-state index in [1.54, 1.807) is 0 Å². The summed E-state index contributed by atoms with van der Waals surface area (Å²) in [7, 11) is 8.30.